The zero-order valence-corrected chi connectivity index (χ0v) is 7.09. The van der Waals surface area contributed by atoms with Crippen LogP contribution in [0.3, 0.4) is 0 Å². The first kappa shape index (κ1) is 111. The average Bonchev–Trinajstić information content (AvgIpc) is 0. The molecule has 0 aliphatic heterocycles. The first-order valence-corrected chi connectivity index (χ1v) is 0. The Bertz CT molecular complexity index is 6.85. The van der Waals surface area contributed by atoms with E-state index in [2.05, 4.69) is 0 Å². The second-order valence-corrected chi connectivity index (χ2v) is 0. The quantitative estimate of drug-likeness (QED) is 0.591. The van der Waals surface area contributed by atoms with Crippen LogP contribution in [0.4, 0.5) is 0 Å². The predicted octanol–water partition coefficient (Wildman–Crippen LogP) is 0.861. The van der Waals surface area contributed by atoms with Crippen LogP contribution in [-0.4, -0.2) is 0 Å². The summed E-state index contributed by atoms with van der Waals surface area (Å²) in [5.41, 5.74) is 0. The largest absolute Gasteiger partial charge is 5.00 e. The van der Waals surface area contributed by atoms with Crippen molar-refractivity contribution >= 4 is 0 Å². The van der Waals surface area contributed by atoms with Crippen LogP contribution in [0.2, 0.25) is 0 Å². The fourth-order valence-electron chi connectivity index (χ4n) is 0. The zero-order valence-electron chi connectivity index (χ0n) is 2.14. The minimum absolute atomic E-state index is 0. The van der Waals surface area contributed by atoms with E-state index in [4.69, 9.17) is 0 Å². The molecule has 0 aromatic heterocycles. The summed E-state index contributed by atoms with van der Waals surface area (Å²) in [4.78, 5) is 0. The maximum absolute atomic E-state index is 0. The summed E-state index contributed by atoms with van der Waals surface area (Å²) in [7, 11) is 0. The molecule has 0 saturated heterocycles. The van der Waals surface area contributed by atoms with Gasteiger partial charge in [-0.2, -0.15) is 0 Å². The molecule has 0 radical (unpaired) electrons. The van der Waals surface area contributed by atoms with Crippen molar-refractivity contribution in [1.29, 1.82) is 0 Å². The number of hydrogen-bond acceptors (Lipinski definition) is 0. The molecule has 28 valence electrons. The van der Waals surface area contributed by atoms with Gasteiger partial charge < -0.3 is 18.5 Å². The van der Waals surface area contributed by atoms with Gasteiger partial charge in [0.25, 0.3) is 0 Å². The van der Waals surface area contributed by atoms with Crippen LogP contribution < -0.4 is 0 Å². The summed E-state index contributed by atoms with van der Waals surface area (Å²) in [5, 5.41) is 0. The van der Waals surface area contributed by atoms with Gasteiger partial charge >= 0.3 is 41.9 Å². The van der Waals surface area contributed by atoms with E-state index in [9.17, 15) is 0 Å². The van der Waals surface area contributed by atoms with Crippen LogP contribution in [0.15, 0.2) is 0 Å². The fraction of sp³-hybridized carbons (Fsp3) is 0. The van der Waals surface area contributed by atoms with E-state index in [-0.39, 0.29) is 60.3 Å². The summed E-state index contributed by atoms with van der Waals surface area (Å²) in [6, 6.07) is 0. The monoisotopic (exact) mass is 325 g/mol. The Hall–Kier alpha value is 1.24. The summed E-state index contributed by atoms with van der Waals surface area (Å²) in [6.07, 6.45) is 0. The Morgan fingerprint density at radius 2 is 0.600 bits per heavy atom. The third-order valence-electron chi connectivity index (χ3n) is 0. The third-order valence-corrected chi connectivity index (χ3v) is 0. The van der Waals surface area contributed by atoms with E-state index in [0.29, 0.717) is 0 Å². The molecule has 0 aromatic rings. The van der Waals surface area contributed by atoms with E-state index < -0.39 is 0 Å². The van der Waals surface area contributed by atoms with Crippen molar-refractivity contribution in [3.05, 3.63) is 18.5 Å². The molecule has 3 nitrogen and oxygen atoms in total. The van der Waals surface area contributed by atoms with Crippen LogP contribution in [0, 0.1) is 0 Å². The molecule has 0 spiro atoms. The molecule has 0 heterocycles. The maximum atomic E-state index is 0. The molecule has 0 atom stereocenters. The van der Waals surface area contributed by atoms with Gasteiger partial charge in [-0.1, -0.05) is 0 Å². The van der Waals surface area contributed by atoms with Crippen molar-refractivity contribution in [2.45, 2.75) is 0 Å². The van der Waals surface area contributed by atoms with Crippen molar-refractivity contribution in [3.63, 3.8) is 0 Å². The first-order valence-electron chi connectivity index (χ1n) is 0. The average molecular weight is 324 g/mol. The molecular weight excluding hydrogens is 324 g/mol. The van der Waals surface area contributed by atoms with Crippen molar-refractivity contribution in [2.75, 3.05) is 0 Å². The van der Waals surface area contributed by atoms with Crippen LogP contribution in [0.5, 0.6) is 0 Å². The molecule has 0 rings (SSSR count). The van der Waals surface area contributed by atoms with Gasteiger partial charge in [0.2, 0.25) is 0 Å². The number of nitrogens with zero attached hydrogens (tertiary/aromatic N) is 3. The Balaban J connectivity index is 0. The smallest absolute Gasteiger partial charge is 3.00 e. The molecule has 5 heavy (non-hydrogen) atoms. The van der Waals surface area contributed by atoms with Crippen molar-refractivity contribution in [2.24, 2.45) is 0 Å². The molecule has 0 unspecified atom stereocenters. The van der Waals surface area contributed by atoms with Gasteiger partial charge in [0, 0.05) is 0 Å². The summed E-state index contributed by atoms with van der Waals surface area (Å²) in [5.74, 6) is 0. The molecule has 5 heteroatoms. The Morgan fingerprint density at radius 1 is 0.600 bits per heavy atom. The van der Waals surface area contributed by atoms with E-state index in [0.717, 1.165) is 0 Å². The summed E-state index contributed by atoms with van der Waals surface area (Å²) < 4.78 is 0. The minimum Gasteiger partial charge on any atom is -3.00 e. The summed E-state index contributed by atoms with van der Waals surface area (Å²) in [6.45, 7) is 0. The molecule has 0 amide bonds. The normalized spacial score (nSPS) is 0. The topological polar surface area (TPSA) is 91.5 Å². The van der Waals surface area contributed by atoms with Gasteiger partial charge in [-0.15, -0.1) is 0 Å². The minimum atomic E-state index is 0. The van der Waals surface area contributed by atoms with E-state index in [1.165, 1.54) is 0 Å². The van der Waals surface area contributed by atoms with Gasteiger partial charge in [-0.25, -0.2) is 0 Å². The predicted molar refractivity (Wildman–Crippen MR) is 10.1 cm³/mol. The molecular formula is N3RuTa. The third kappa shape index (κ3) is 35.7. The van der Waals surface area contributed by atoms with Gasteiger partial charge in [0.1, 0.15) is 0 Å². The van der Waals surface area contributed by atoms with Gasteiger partial charge in [-0.05, 0) is 0 Å². The molecule has 0 aromatic carbocycles. The van der Waals surface area contributed by atoms with Gasteiger partial charge in [0.15, 0.2) is 0 Å². The molecule has 0 N–H and O–H groups in total. The molecule has 0 bridgehead atoms. The van der Waals surface area contributed by atoms with Gasteiger partial charge in [0.05, 0.1) is 0 Å². The molecule has 0 saturated carbocycles. The second-order valence-electron chi connectivity index (χ2n) is 0. The standard InChI is InChI=1S/3N.Ru.Ta/q3*-3;+4;+5. The van der Waals surface area contributed by atoms with E-state index in [1.807, 2.05) is 0 Å². The Labute approximate surface area is 60.3 Å². The molecule has 0 aliphatic rings. The van der Waals surface area contributed by atoms with Crippen LogP contribution in [-0.2, 0) is 41.9 Å². The molecule has 0 fully saturated rings. The Kier molecular flexibility index (Phi) is 1360. The number of hydrogen-bond donors (Lipinski definition) is 0. The number of rotatable bonds is 0. The first-order chi connectivity index (χ1) is 0. The zero-order chi connectivity index (χ0) is 0. The molecule has 0 aliphatic carbocycles. The second kappa shape index (κ2) is 61.1. The van der Waals surface area contributed by atoms with E-state index in [1.54, 1.807) is 0 Å². The fourth-order valence-corrected chi connectivity index (χ4v) is 0. The van der Waals surface area contributed by atoms with Crippen LogP contribution in [0.1, 0.15) is 0 Å². The van der Waals surface area contributed by atoms with Crippen molar-refractivity contribution in [1.82, 2.24) is 0 Å². The SMILES string of the molecule is [N-3].[N-3].[N-3].[Ru+4].[Ta+5]. The van der Waals surface area contributed by atoms with Gasteiger partial charge in [-0.3, -0.25) is 0 Å². The summed E-state index contributed by atoms with van der Waals surface area (Å²) >= 11 is 0. The Morgan fingerprint density at radius 3 is 0.600 bits per heavy atom. The van der Waals surface area contributed by atoms with Crippen molar-refractivity contribution < 1.29 is 41.9 Å². The van der Waals surface area contributed by atoms with Crippen LogP contribution in [0.25, 0.3) is 18.5 Å². The van der Waals surface area contributed by atoms with Crippen LogP contribution >= 0.6 is 0 Å². The van der Waals surface area contributed by atoms with Crippen molar-refractivity contribution in [3.8, 4) is 0 Å². The van der Waals surface area contributed by atoms with E-state index >= 15 is 0 Å². The maximum Gasteiger partial charge on any atom is 5.00 e.